The number of nitrogens with zero attached hydrogens (tertiary/aromatic N) is 2. The van der Waals surface area contributed by atoms with Crippen LogP contribution in [-0.2, 0) is 6.54 Å². The first-order valence-electron chi connectivity index (χ1n) is 8.41. The Morgan fingerprint density at radius 1 is 1.24 bits per heavy atom. The molecule has 1 aliphatic heterocycles. The lowest BCUT2D eigenvalue weighted by molar-refractivity contribution is 0.166. The van der Waals surface area contributed by atoms with Gasteiger partial charge in [-0.1, -0.05) is 23.7 Å². The van der Waals surface area contributed by atoms with Gasteiger partial charge in [0.1, 0.15) is 5.75 Å². The monoisotopic (exact) mass is 358 g/mol. The summed E-state index contributed by atoms with van der Waals surface area (Å²) in [5.41, 5.74) is 2.26. The van der Waals surface area contributed by atoms with Crippen molar-refractivity contribution in [2.45, 2.75) is 25.4 Å². The molecule has 1 aromatic heterocycles. The molecule has 4 rings (SSSR count). The van der Waals surface area contributed by atoms with E-state index in [1.54, 1.807) is 22.8 Å². The fraction of sp³-hybridized carbons (Fsp3) is 0.316. The number of halogens is 1. The standard InChI is InChI=1S/C19H19ClN2O3/c20-14-7-8-17(23)13(10-14)11-21-9-3-4-15(12-21)22-16-5-1-2-6-18(16)25-19(22)24/h1-2,5-8,10,15,23H,3-4,9,11-12H2. The van der Waals surface area contributed by atoms with Crippen LogP contribution in [-0.4, -0.2) is 27.7 Å². The predicted molar refractivity (Wildman–Crippen MR) is 97.1 cm³/mol. The van der Waals surface area contributed by atoms with E-state index in [0.717, 1.165) is 37.0 Å². The smallest absolute Gasteiger partial charge is 0.420 e. The van der Waals surface area contributed by atoms with Gasteiger partial charge in [-0.05, 0) is 49.7 Å². The normalized spacial score (nSPS) is 18.7. The molecule has 2 heterocycles. The summed E-state index contributed by atoms with van der Waals surface area (Å²) >= 11 is 6.04. The second-order valence-corrected chi connectivity index (χ2v) is 6.95. The minimum absolute atomic E-state index is 0.0613. The maximum Gasteiger partial charge on any atom is 0.420 e. The molecular formula is C19H19ClN2O3. The molecule has 1 N–H and O–H groups in total. The van der Waals surface area contributed by atoms with Gasteiger partial charge in [-0.15, -0.1) is 0 Å². The summed E-state index contributed by atoms with van der Waals surface area (Å²) < 4.78 is 7.14. The van der Waals surface area contributed by atoms with Gasteiger partial charge in [-0.3, -0.25) is 9.47 Å². The number of phenols is 1. The van der Waals surface area contributed by atoms with Crippen molar-refractivity contribution in [1.29, 1.82) is 0 Å². The highest BCUT2D eigenvalue weighted by Crippen LogP contribution is 2.28. The Hall–Kier alpha value is -2.24. The number of para-hydroxylation sites is 2. The van der Waals surface area contributed by atoms with Crippen LogP contribution in [0.1, 0.15) is 24.4 Å². The number of aromatic hydroxyl groups is 1. The van der Waals surface area contributed by atoms with Crippen LogP contribution in [0.2, 0.25) is 5.02 Å². The number of hydrogen-bond donors (Lipinski definition) is 1. The molecule has 1 aliphatic rings. The van der Waals surface area contributed by atoms with E-state index in [4.69, 9.17) is 16.0 Å². The Morgan fingerprint density at radius 2 is 2.08 bits per heavy atom. The number of rotatable bonds is 3. The summed E-state index contributed by atoms with van der Waals surface area (Å²) in [5, 5.41) is 10.7. The van der Waals surface area contributed by atoms with E-state index in [2.05, 4.69) is 4.90 Å². The molecule has 0 spiro atoms. The molecule has 0 saturated carbocycles. The lowest BCUT2D eigenvalue weighted by Gasteiger charge is -2.33. The molecule has 2 aromatic carbocycles. The Labute approximate surface area is 150 Å². The van der Waals surface area contributed by atoms with E-state index in [-0.39, 0.29) is 17.5 Å². The average Bonchev–Trinajstić information content (AvgIpc) is 2.94. The van der Waals surface area contributed by atoms with Crippen LogP contribution >= 0.6 is 11.6 Å². The number of piperidine rings is 1. The predicted octanol–water partition coefficient (Wildman–Crippen LogP) is 3.79. The lowest BCUT2D eigenvalue weighted by Crippen LogP contribution is -2.38. The second kappa shape index (κ2) is 6.58. The average molecular weight is 359 g/mol. The van der Waals surface area contributed by atoms with Crippen molar-refractivity contribution in [3.8, 4) is 5.75 Å². The Kier molecular flexibility index (Phi) is 4.27. The number of phenolic OH excluding ortho intramolecular Hbond substituents is 1. The third-order valence-electron chi connectivity index (χ3n) is 4.80. The van der Waals surface area contributed by atoms with E-state index >= 15 is 0 Å². The molecule has 130 valence electrons. The summed E-state index contributed by atoms with van der Waals surface area (Å²) in [5.74, 6) is -0.0592. The lowest BCUT2D eigenvalue weighted by atomic mass is 10.0. The second-order valence-electron chi connectivity index (χ2n) is 6.51. The number of likely N-dealkylation sites (tertiary alicyclic amines) is 1. The molecule has 6 heteroatoms. The van der Waals surface area contributed by atoms with Crippen LogP contribution in [0, 0.1) is 0 Å². The van der Waals surface area contributed by atoms with Gasteiger partial charge in [0.05, 0.1) is 11.6 Å². The van der Waals surface area contributed by atoms with Crippen molar-refractivity contribution in [3.05, 3.63) is 63.6 Å². The maximum absolute atomic E-state index is 12.3. The minimum Gasteiger partial charge on any atom is -0.508 e. The van der Waals surface area contributed by atoms with Gasteiger partial charge < -0.3 is 9.52 Å². The first kappa shape index (κ1) is 16.2. The molecule has 0 aliphatic carbocycles. The third kappa shape index (κ3) is 3.17. The topological polar surface area (TPSA) is 58.6 Å². The van der Waals surface area contributed by atoms with E-state index < -0.39 is 0 Å². The van der Waals surface area contributed by atoms with Gasteiger partial charge >= 0.3 is 5.76 Å². The van der Waals surface area contributed by atoms with Crippen molar-refractivity contribution >= 4 is 22.7 Å². The van der Waals surface area contributed by atoms with Crippen molar-refractivity contribution in [3.63, 3.8) is 0 Å². The first-order chi connectivity index (χ1) is 12.1. The highest BCUT2D eigenvalue weighted by molar-refractivity contribution is 6.30. The van der Waals surface area contributed by atoms with Crippen molar-refractivity contribution in [2.24, 2.45) is 0 Å². The highest BCUT2D eigenvalue weighted by atomic mass is 35.5. The highest BCUT2D eigenvalue weighted by Gasteiger charge is 2.25. The number of benzene rings is 2. The van der Waals surface area contributed by atoms with Gasteiger partial charge in [0.15, 0.2) is 5.58 Å². The Morgan fingerprint density at radius 3 is 2.96 bits per heavy atom. The Balaban J connectivity index is 1.59. The van der Waals surface area contributed by atoms with Gasteiger partial charge in [-0.2, -0.15) is 0 Å². The quantitative estimate of drug-likeness (QED) is 0.773. The number of fused-ring (bicyclic) bond motifs is 1. The summed E-state index contributed by atoms with van der Waals surface area (Å²) in [7, 11) is 0. The van der Waals surface area contributed by atoms with E-state index in [1.807, 2.05) is 24.3 Å². The van der Waals surface area contributed by atoms with Crippen LogP contribution in [0.15, 0.2) is 51.7 Å². The molecular weight excluding hydrogens is 340 g/mol. The number of aromatic nitrogens is 1. The maximum atomic E-state index is 12.3. The molecule has 0 radical (unpaired) electrons. The van der Waals surface area contributed by atoms with Crippen molar-refractivity contribution < 1.29 is 9.52 Å². The largest absolute Gasteiger partial charge is 0.508 e. The first-order valence-corrected chi connectivity index (χ1v) is 8.79. The fourth-order valence-electron chi connectivity index (χ4n) is 3.64. The van der Waals surface area contributed by atoms with Crippen molar-refractivity contribution in [1.82, 2.24) is 9.47 Å². The van der Waals surface area contributed by atoms with Gasteiger partial charge in [0.25, 0.3) is 0 Å². The summed E-state index contributed by atoms with van der Waals surface area (Å²) in [6, 6.07) is 12.7. The van der Waals surface area contributed by atoms with Gasteiger partial charge in [0.2, 0.25) is 0 Å². The molecule has 25 heavy (non-hydrogen) atoms. The zero-order chi connectivity index (χ0) is 17.4. The number of oxazole rings is 1. The van der Waals surface area contributed by atoms with Gasteiger partial charge in [0, 0.05) is 23.7 Å². The molecule has 5 nitrogen and oxygen atoms in total. The van der Waals surface area contributed by atoms with E-state index in [0.29, 0.717) is 17.2 Å². The van der Waals surface area contributed by atoms with Crippen LogP contribution in [0.4, 0.5) is 0 Å². The zero-order valence-electron chi connectivity index (χ0n) is 13.7. The van der Waals surface area contributed by atoms with Gasteiger partial charge in [-0.25, -0.2) is 4.79 Å². The molecule has 3 aromatic rings. The molecule has 0 bridgehead atoms. The molecule has 1 saturated heterocycles. The molecule has 1 fully saturated rings. The molecule has 0 amide bonds. The fourth-order valence-corrected chi connectivity index (χ4v) is 3.83. The Bertz CT molecular complexity index is 963. The van der Waals surface area contributed by atoms with Crippen LogP contribution in [0.5, 0.6) is 5.75 Å². The molecule has 1 atom stereocenters. The SMILES string of the molecule is O=c1oc2ccccc2n1C1CCCN(Cc2cc(Cl)ccc2O)C1. The van der Waals surface area contributed by atoms with Crippen LogP contribution in [0.25, 0.3) is 11.1 Å². The zero-order valence-corrected chi connectivity index (χ0v) is 14.4. The molecule has 1 unspecified atom stereocenters. The minimum atomic E-state index is -0.307. The van der Waals surface area contributed by atoms with E-state index in [9.17, 15) is 9.90 Å². The van der Waals surface area contributed by atoms with Crippen LogP contribution in [0.3, 0.4) is 0 Å². The van der Waals surface area contributed by atoms with Crippen LogP contribution < -0.4 is 5.76 Å². The van der Waals surface area contributed by atoms with Crippen molar-refractivity contribution in [2.75, 3.05) is 13.1 Å². The summed E-state index contributed by atoms with van der Waals surface area (Å²) in [6.45, 7) is 2.26. The number of hydrogen-bond acceptors (Lipinski definition) is 4. The summed E-state index contributed by atoms with van der Waals surface area (Å²) in [6.07, 6.45) is 1.92. The third-order valence-corrected chi connectivity index (χ3v) is 5.04. The summed E-state index contributed by atoms with van der Waals surface area (Å²) in [4.78, 5) is 14.6. The van der Waals surface area contributed by atoms with E-state index in [1.165, 1.54) is 0 Å².